The van der Waals surface area contributed by atoms with Gasteiger partial charge in [0.2, 0.25) is 0 Å². The van der Waals surface area contributed by atoms with Gasteiger partial charge >= 0.3 is 5.97 Å². The quantitative estimate of drug-likeness (QED) is 0.304. The van der Waals surface area contributed by atoms with E-state index in [0.717, 1.165) is 43.0 Å². The zero-order valence-corrected chi connectivity index (χ0v) is 21.2. The topological polar surface area (TPSA) is 85.0 Å². The zero-order valence-electron chi connectivity index (χ0n) is 21.2. The molecular weight excluding hydrogens is 456 g/mol. The highest BCUT2D eigenvalue weighted by Gasteiger charge is 2.21. The van der Waals surface area contributed by atoms with Gasteiger partial charge in [0.05, 0.1) is 24.4 Å². The van der Waals surface area contributed by atoms with E-state index in [1.807, 2.05) is 30.3 Å². The fourth-order valence-electron chi connectivity index (χ4n) is 4.67. The summed E-state index contributed by atoms with van der Waals surface area (Å²) in [6, 6.07) is 16.2. The molecular formula is C29H36N2O5. The lowest BCUT2D eigenvalue weighted by Crippen LogP contribution is -2.45. The first-order valence-electron chi connectivity index (χ1n) is 12.9. The summed E-state index contributed by atoms with van der Waals surface area (Å²) < 4.78 is 17.2. The maximum Gasteiger partial charge on any atom is 0.335 e. The number of carboxylic acids is 1. The Balaban J connectivity index is 1.13. The molecule has 2 unspecified atom stereocenters. The van der Waals surface area contributed by atoms with Crippen molar-refractivity contribution in [3.8, 4) is 28.3 Å². The smallest absolute Gasteiger partial charge is 0.335 e. The third kappa shape index (κ3) is 7.42. The second kappa shape index (κ2) is 12.7. The van der Waals surface area contributed by atoms with E-state index in [1.54, 1.807) is 24.3 Å². The minimum Gasteiger partial charge on any atom is -0.494 e. The van der Waals surface area contributed by atoms with Crippen molar-refractivity contribution in [2.75, 3.05) is 26.2 Å². The summed E-state index contributed by atoms with van der Waals surface area (Å²) in [4.78, 5) is 13.6. The van der Waals surface area contributed by atoms with Gasteiger partial charge < -0.3 is 19.1 Å². The van der Waals surface area contributed by atoms with Crippen molar-refractivity contribution in [1.29, 1.82) is 0 Å². The van der Waals surface area contributed by atoms with E-state index in [2.05, 4.69) is 23.9 Å². The number of aromatic carboxylic acids is 1. The molecule has 0 amide bonds. The summed E-state index contributed by atoms with van der Waals surface area (Å²) in [6.45, 7) is 8.31. The molecule has 0 bridgehead atoms. The molecule has 0 radical (unpaired) electrons. The van der Waals surface area contributed by atoms with Crippen LogP contribution >= 0.6 is 0 Å². The van der Waals surface area contributed by atoms with E-state index >= 15 is 0 Å². The van der Waals surface area contributed by atoms with E-state index in [0.29, 0.717) is 23.7 Å². The van der Waals surface area contributed by atoms with E-state index in [4.69, 9.17) is 19.1 Å². The molecule has 1 aromatic heterocycles. The molecule has 36 heavy (non-hydrogen) atoms. The number of aromatic nitrogens is 1. The second-order valence-corrected chi connectivity index (χ2v) is 9.62. The van der Waals surface area contributed by atoms with Gasteiger partial charge in [0.1, 0.15) is 11.4 Å². The number of hydrogen-bond acceptors (Lipinski definition) is 6. The van der Waals surface area contributed by atoms with E-state index in [1.165, 1.54) is 32.2 Å². The number of benzene rings is 2. The SMILES string of the molecule is CC1CN(CCCCCCCOc2ccc(-c3cc(-c4ccc(C(=O)O)cc4)no3)cc2)CC(C)O1. The van der Waals surface area contributed by atoms with Crippen LogP contribution in [0.15, 0.2) is 59.1 Å². The van der Waals surface area contributed by atoms with Gasteiger partial charge in [-0.2, -0.15) is 0 Å². The van der Waals surface area contributed by atoms with Crippen LogP contribution in [0.25, 0.3) is 22.6 Å². The third-order valence-corrected chi connectivity index (χ3v) is 6.46. The Morgan fingerprint density at radius 2 is 1.58 bits per heavy atom. The molecule has 1 N–H and O–H groups in total. The number of carbonyl (C=O) groups is 1. The highest BCUT2D eigenvalue weighted by Crippen LogP contribution is 2.27. The molecule has 1 aliphatic rings. The molecule has 1 fully saturated rings. The lowest BCUT2D eigenvalue weighted by molar-refractivity contribution is -0.0681. The summed E-state index contributed by atoms with van der Waals surface area (Å²) in [5.41, 5.74) is 2.62. The molecule has 3 aromatic rings. The van der Waals surface area contributed by atoms with Crippen molar-refractivity contribution in [1.82, 2.24) is 10.1 Å². The minimum absolute atomic E-state index is 0.242. The average molecular weight is 493 g/mol. The van der Waals surface area contributed by atoms with Gasteiger partial charge in [0.15, 0.2) is 5.76 Å². The van der Waals surface area contributed by atoms with Gasteiger partial charge in [-0.15, -0.1) is 0 Å². The fourth-order valence-corrected chi connectivity index (χ4v) is 4.67. The molecule has 2 heterocycles. The van der Waals surface area contributed by atoms with Gasteiger partial charge in [-0.1, -0.05) is 36.6 Å². The molecule has 0 aliphatic carbocycles. The molecule has 1 saturated heterocycles. The molecule has 7 heteroatoms. The molecule has 4 rings (SSSR count). The number of morpholine rings is 1. The van der Waals surface area contributed by atoms with Gasteiger partial charge in [0.25, 0.3) is 0 Å². The maximum atomic E-state index is 11.0. The summed E-state index contributed by atoms with van der Waals surface area (Å²) in [6.07, 6.45) is 6.68. The normalized spacial score (nSPS) is 18.3. The monoisotopic (exact) mass is 492 g/mol. The van der Waals surface area contributed by atoms with Crippen LogP contribution < -0.4 is 4.74 Å². The predicted molar refractivity (Wildman–Crippen MR) is 139 cm³/mol. The first-order chi connectivity index (χ1) is 17.5. The van der Waals surface area contributed by atoms with Gasteiger partial charge in [-0.25, -0.2) is 4.79 Å². The molecule has 192 valence electrons. The Hall–Kier alpha value is -3.16. The Morgan fingerprint density at radius 3 is 2.28 bits per heavy atom. The zero-order chi connectivity index (χ0) is 25.3. The van der Waals surface area contributed by atoms with Crippen molar-refractivity contribution >= 4 is 5.97 Å². The molecule has 7 nitrogen and oxygen atoms in total. The minimum atomic E-state index is -0.950. The highest BCUT2D eigenvalue weighted by atomic mass is 16.5. The average Bonchev–Trinajstić information content (AvgIpc) is 3.36. The van der Waals surface area contributed by atoms with Crippen LogP contribution in [0.1, 0.15) is 56.3 Å². The fraction of sp³-hybridized carbons (Fsp3) is 0.448. The Labute approximate surface area is 213 Å². The first-order valence-corrected chi connectivity index (χ1v) is 12.9. The van der Waals surface area contributed by atoms with E-state index < -0.39 is 5.97 Å². The standard InChI is InChI=1S/C29H36N2O5/c1-21-19-31(20-22(2)35-21)16-6-4-3-5-7-17-34-26-14-12-24(13-15-26)28-18-27(30-36-28)23-8-10-25(11-9-23)29(32)33/h8-15,18,21-22H,3-7,16-17,19-20H2,1-2H3,(H,32,33). The van der Waals surface area contributed by atoms with Gasteiger partial charge in [-0.05, 0) is 69.6 Å². The molecule has 2 aromatic carbocycles. The first kappa shape index (κ1) is 25.9. The second-order valence-electron chi connectivity index (χ2n) is 9.62. The summed E-state index contributed by atoms with van der Waals surface area (Å²) in [5.74, 6) is 0.548. The lowest BCUT2D eigenvalue weighted by Gasteiger charge is -2.35. The largest absolute Gasteiger partial charge is 0.494 e. The Morgan fingerprint density at radius 1 is 0.944 bits per heavy atom. The number of hydrogen-bond donors (Lipinski definition) is 1. The van der Waals surface area contributed by atoms with Crippen molar-refractivity contribution in [3.63, 3.8) is 0 Å². The molecule has 2 atom stereocenters. The number of rotatable bonds is 12. The van der Waals surface area contributed by atoms with Crippen molar-refractivity contribution in [2.24, 2.45) is 0 Å². The van der Waals surface area contributed by atoms with Crippen LogP contribution in [0.5, 0.6) is 5.75 Å². The number of ether oxygens (including phenoxy) is 2. The number of nitrogens with zero attached hydrogens (tertiary/aromatic N) is 2. The molecule has 1 aliphatic heterocycles. The molecule has 0 spiro atoms. The number of unbranched alkanes of at least 4 members (excludes halogenated alkanes) is 4. The Bertz CT molecular complexity index is 1080. The van der Waals surface area contributed by atoms with Crippen LogP contribution in [0.4, 0.5) is 0 Å². The third-order valence-electron chi connectivity index (χ3n) is 6.46. The summed E-state index contributed by atoms with van der Waals surface area (Å²) in [7, 11) is 0. The van der Waals surface area contributed by atoms with Gasteiger partial charge in [-0.3, -0.25) is 4.90 Å². The predicted octanol–water partition coefficient (Wildman–Crippen LogP) is 6.15. The van der Waals surface area contributed by atoms with Crippen molar-refractivity contribution < 1.29 is 23.9 Å². The van der Waals surface area contributed by atoms with Crippen LogP contribution in [-0.4, -0.2) is 59.6 Å². The van der Waals surface area contributed by atoms with E-state index in [-0.39, 0.29) is 5.56 Å². The lowest BCUT2D eigenvalue weighted by atomic mass is 10.1. The summed E-state index contributed by atoms with van der Waals surface area (Å²) >= 11 is 0. The van der Waals surface area contributed by atoms with Gasteiger partial charge in [0, 0.05) is 30.3 Å². The molecule has 0 saturated carbocycles. The van der Waals surface area contributed by atoms with Crippen LogP contribution in [-0.2, 0) is 4.74 Å². The highest BCUT2D eigenvalue weighted by molar-refractivity contribution is 5.88. The van der Waals surface area contributed by atoms with Crippen molar-refractivity contribution in [2.45, 2.75) is 58.2 Å². The number of carboxylic acid groups (broad SMARTS) is 1. The van der Waals surface area contributed by atoms with Crippen LogP contribution in [0.3, 0.4) is 0 Å². The van der Waals surface area contributed by atoms with Crippen LogP contribution in [0, 0.1) is 0 Å². The van der Waals surface area contributed by atoms with E-state index in [9.17, 15) is 4.79 Å². The summed E-state index contributed by atoms with van der Waals surface area (Å²) in [5, 5.41) is 13.2. The maximum absolute atomic E-state index is 11.0. The van der Waals surface area contributed by atoms with Crippen molar-refractivity contribution in [3.05, 3.63) is 60.2 Å². The Kier molecular flexibility index (Phi) is 9.14. The van der Waals surface area contributed by atoms with Crippen LogP contribution in [0.2, 0.25) is 0 Å².